The van der Waals surface area contributed by atoms with Crippen LogP contribution < -0.4 is 21.4 Å². The number of aryl methyl sites for hydroxylation is 1. The van der Waals surface area contributed by atoms with Crippen molar-refractivity contribution >= 4 is 29.1 Å². The summed E-state index contributed by atoms with van der Waals surface area (Å²) < 4.78 is 0. The van der Waals surface area contributed by atoms with Crippen molar-refractivity contribution in [2.24, 2.45) is 5.92 Å². The molecule has 0 aliphatic carbocycles. The Morgan fingerprint density at radius 1 is 1.21 bits per heavy atom. The quantitative estimate of drug-likeness (QED) is 0.122. The van der Waals surface area contributed by atoms with Crippen molar-refractivity contribution in [3.63, 3.8) is 0 Å². The Labute approximate surface area is 168 Å². The molecule has 1 rings (SSSR count). The van der Waals surface area contributed by atoms with Crippen molar-refractivity contribution in [1.29, 1.82) is 5.41 Å². The highest BCUT2D eigenvalue weighted by Crippen LogP contribution is 2.15. The van der Waals surface area contributed by atoms with E-state index in [2.05, 4.69) is 29.8 Å². The highest BCUT2D eigenvalue weighted by molar-refractivity contribution is 7.13. The summed E-state index contributed by atoms with van der Waals surface area (Å²) >= 11 is 1.35. The van der Waals surface area contributed by atoms with Crippen LogP contribution in [0.4, 0.5) is 0 Å². The lowest BCUT2D eigenvalue weighted by Gasteiger charge is -2.19. The number of hydrogen-bond donors (Lipinski definition) is 5. The second kappa shape index (κ2) is 11.9. The van der Waals surface area contributed by atoms with Gasteiger partial charge in [0, 0.05) is 18.0 Å². The van der Waals surface area contributed by atoms with E-state index in [1.165, 1.54) is 11.3 Å². The Hall–Kier alpha value is -2.69. The molecule has 0 saturated heterocycles. The molecule has 0 radical (unpaired) electrons. The molecule has 0 aliphatic heterocycles. The van der Waals surface area contributed by atoms with Gasteiger partial charge >= 0.3 is 0 Å². The molecule has 156 valence electrons. The van der Waals surface area contributed by atoms with Crippen LogP contribution in [0.2, 0.25) is 0 Å². The molecule has 1 aromatic rings. The normalized spacial score (nSPS) is 11.6. The van der Waals surface area contributed by atoms with Crippen LogP contribution in [0.5, 0.6) is 0 Å². The molecule has 0 bridgehead atoms. The summed E-state index contributed by atoms with van der Waals surface area (Å²) in [7, 11) is 0. The second-order valence-electron chi connectivity index (χ2n) is 6.72. The predicted molar refractivity (Wildman–Crippen MR) is 108 cm³/mol. The summed E-state index contributed by atoms with van der Waals surface area (Å²) in [5.74, 6) is -0.550. The topological polar surface area (TPSA) is 149 Å². The molecule has 0 unspecified atom stereocenters. The van der Waals surface area contributed by atoms with E-state index in [0.717, 1.165) is 11.3 Å². The van der Waals surface area contributed by atoms with Gasteiger partial charge in [-0.1, -0.05) is 19.3 Å². The third-order valence-electron chi connectivity index (χ3n) is 3.78. The first kappa shape index (κ1) is 23.3. The minimum Gasteiger partial charge on any atom is -0.354 e. The van der Waals surface area contributed by atoms with Crippen LogP contribution in [-0.4, -0.2) is 41.9 Å². The Bertz CT molecular complexity index is 691. The summed E-state index contributed by atoms with van der Waals surface area (Å²) in [5, 5.41) is 24.9. The fraction of sp³-hybridized carbons (Fsp3) is 0.588. The molecule has 28 heavy (non-hydrogen) atoms. The summed E-state index contributed by atoms with van der Waals surface area (Å²) in [5.41, 5.74) is 1.69. The molecule has 1 heterocycles. The van der Waals surface area contributed by atoms with Crippen molar-refractivity contribution in [2.75, 3.05) is 13.1 Å². The first-order valence-electron chi connectivity index (χ1n) is 9.07. The lowest BCUT2D eigenvalue weighted by molar-refractivity contribution is -0.525. The zero-order valence-electron chi connectivity index (χ0n) is 16.3. The predicted octanol–water partition coefficient (Wildman–Crippen LogP) is 1.40. The number of thiophene rings is 1. The number of amides is 2. The molecule has 0 saturated carbocycles. The molecular formula is C17H28N6O4S. The lowest BCUT2D eigenvalue weighted by Crippen LogP contribution is -2.47. The van der Waals surface area contributed by atoms with Crippen LogP contribution in [0.3, 0.4) is 0 Å². The fourth-order valence-corrected chi connectivity index (χ4v) is 3.08. The molecule has 0 fully saturated rings. The average molecular weight is 413 g/mol. The third-order valence-corrected chi connectivity index (χ3v) is 4.78. The Morgan fingerprint density at radius 2 is 1.93 bits per heavy atom. The van der Waals surface area contributed by atoms with Gasteiger partial charge in [-0.2, -0.15) is 0 Å². The molecule has 11 heteroatoms. The van der Waals surface area contributed by atoms with Crippen molar-refractivity contribution < 1.29 is 14.6 Å². The number of carbonyl (C=O) groups is 2. The Morgan fingerprint density at radius 3 is 2.50 bits per heavy atom. The minimum atomic E-state index is -0.830. The number of rotatable bonds is 11. The molecule has 10 nitrogen and oxygen atoms in total. The minimum absolute atomic E-state index is 0.253. The van der Waals surface area contributed by atoms with E-state index in [1.54, 1.807) is 11.5 Å². The van der Waals surface area contributed by atoms with Gasteiger partial charge in [0.1, 0.15) is 6.04 Å². The van der Waals surface area contributed by atoms with Gasteiger partial charge in [-0.3, -0.25) is 15.0 Å². The van der Waals surface area contributed by atoms with Gasteiger partial charge in [-0.15, -0.1) is 11.3 Å². The smallest absolute Gasteiger partial charge is 0.262 e. The summed E-state index contributed by atoms with van der Waals surface area (Å²) in [4.78, 5) is 36.7. The van der Waals surface area contributed by atoms with Gasteiger partial charge in [0.2, 0.25) is 5.91 Å². The van der Waals surface area contributed by atoms with Crippen molar-refractivity contribution in [3.8, 4) is 0 Å². The van der Waals surface area contributed by atoms with Gasteiger partial charge in [0.25, 0.3) is 11.9 Å². The van der Waals surface area contributed by atoms with Gasteiger partial charge in [0.05, 0.1) is 4.88 Å². The van der Waals surface area contributed by atoms with Crippen molar-refractivity contribution in [2.45, 2.75) is 46.1 Å². The Kier molecular flexibility index (Phi) is 9.93. The van der Waals surface area contributed by atoms with Gasteiger partial charge in [0.15, 0.2) is 5.03 Å². The van der Waals surface area contributed by atoms with Crippen LogP contribution in [0.15, 0.2) is 12.1 Å². The fourth-order valence-electron chi connectivity index (χ4n) is 2.31. The molecule has 1 aromatic heterocycles. The van der Waals surface area contributed by atoms with Crippen LogP contribution in [-0.2, 0) is 4.79 Å². The zero-order valence-corrected chi connectivity index (χ0v) is 17.1. The standard InChI is InChI=1S/C17H28N6O4S/c1-11(2)8-10-19-15(24)13(5-4-9-20-17(18)22-23(26)27)21-16(25)14-7-6-12(3)28-14/h6-7,11,13H,4-5,8-10H2,1-3H3,(H,19,24)(H,21,25)(H3,18,20,22)/t13-/m0/s1. The van der Waals surface area contributed by atoms with E-state index >= 15 is 0 Å². The number of guanidine groups is 1. The maximum Gasteiger partial charge on any atom is 0.262 e. The van der Waals surface area contributed by atoms with Crippen LogP contribution in [0, 0.1) is 28.4 Å². The molecule has 5 N–H and O–H groups in total. The molecule has 0 aromatic carbocycles. The van der Waals surface area contributed by atoms with E-state index in [4.69, 9.17) is 5.41 Å². The molecular weight excluding hydrogens is 384 g/mol. The largest absolute Gasteiger partial charge is 0.354 e. The van der Waals surface area contributed by atoms with E-state index in [9.17, 15) is 19.7 Å². The monoisotopic (exact) mass is 412 g/mol. The van der Waals surface area contributed by atoms with Gasteiger partial charge in [-0.05, 0) is 44.2 Å². The van der Waals surface area contributed by atoms with E-state index in [1.807, 2.05) is 13.0 Å². The first-order valence-corrected chi connectivity index (χ1v) is 9.89. The SMILES string of the molecule is Cc1ccc(C(=O)N[C@@H](CCCNC(=N)N[N+](=O)[O-])C(=O)NCCC(C)C)s1. The Balaban J connectivity index is 2.58. The highest BCUT2D eigenvalue weighted by Gasteiger charge is 2.21. The summed E-state index contributed by atoms with van der Waals surface area (Å²) in [6.45, 7) is 6.80. The maximum absolute atomic E-state index is 12.5. The summed E-state index contributed by atoms with van der Waals surface area (Å²) in [6.07, 6.45) is 1.61. The number of nitrogens with zero attached hydrogens (tertiary/aromatic N) is 1. The van der Waals surface area contributed by atoms with Crippen molar-refractivity contribution in [3.05, 3.63) is 32.0 Å². The number of hydrogen-bond acceptors (Lipinski definition) is 6. The highest BCUT2D eigenvalue weighted by atomic mass is 32.1. The second-order valence-corrected chi connectivity index (χ2v) is 8.01. The third kappa shape index (κ3) is 9.31. The average Bonchev–Trinajstić information content (AvgIpc) is 3.03. The van der Waals surface area contributed by atoms with E-state index < -0.39 is 17.0 Å². The zero-order chi connectivity index (χ0) is 21.1. The number of nitrogens with one attached hydrogen (secondary N) is 5. The van der Waals surface area contributed by atoms with Gasteiger partial charge < -0.3 is 16.0 Å². The van der Waals surface area contributed by atoms with Crippen LogP contribution in [0.1, 0.15) is 47.7 Å². The van der Waals surface area contributed by atoms with Gasteiger partial charge in [-0.25, -0.2) is 10.1 Å². The number of carbonyl (C=O) groups excluding carboxylic acids is 2. The van der Waals surface area contributed by atoms with Crippen LogP contribution in [0.25, 0.3) is 0 Å². The molecule has 0 aliphatic rings. The summed E-state index contributed by atoms with van der Waals surface area (Å²) in [6, 6.07) is 2.84. The van der Waals surface area contributed by atoms with Crippen molar-refractivity contribution in [1.82, 2.24) is 21.4 Å². The molecule has 1 atom stereocenters. The number of nitro groups is 1. The molecule has 0 spiro atoms. The lowest BCUT2D eigenvalue weighted by atomic mass is 10.1. The first-order chi connectivity index (χ1) is 13.2. The maximum atomic E-state index is 12.5. The van der Waals surface area contributed by atoms with E-state index in [0.29, 0.717) is 30.2 Å². The molecule has 2 amide bonds. The van der Waals surface area contributed by atoms with E-state index in [-0.39, 0.29) is 18.4 Å². The number of hydrazine groups is 1. The van der Waals surface area contributed by atoms with Crippen LogP contribution >= 0.6 is 11.3 Å².